The van der Waals surface area contributed by atoms with Crippen molar-refractivity contribution in [1.82, 2.24) is 10.3 Å². The van der Waals surface area contributed by atoms with Crippen LogP contribution in [-0.2, 0) is 0 Å². The van der Waals surface area contributed by atoms with E-state index >= 15 is 0 Å². The topological polar surface area (TPSA) is 65.1 Å². The highest BCUT2D eigenvalue weighted by atomic mass is 16.3. The van der Waals surface area contributed by atoms with Gasteiger partial charge in [0.15, 0.2) is 0 Å². The zero-order valence-electron chi connectivity index (χ0n) is 9.03. The number of fused-ring (bicyclic) bond motifs is 1. The van der Waals surface area contributed by atoms with Crippen molar-refractivity contribution >= 4 is 16.8 Å². The number of benzene rings is 1. The number of hydrogen-bond donors (Lipinski definition) is 3. The summed E-state index contributed by atoms with van der Waals surface area (Å²) in [5.74, 6) is -0.168. The molecule has 2 rings (SSSR count). The quantitative estimate of drug-likeness (QED) is 0.726. The number of aromatic nitrogens is 1. The fourth-order valence-electron chi connectivity index (χ4n) is 1.61. The molecule has 3 N–H and O–H groups in total. The van der Waals surface area contributed by atoms with Gasteiger partial charge < -0.3 is 15.4 Å². The molecule has 1 aromatic carbocycles. The van der Waals surface area contributed by atoms with Crippen molar-refractivity contribution in [3.05, 3.63) is 36.0 Å². The zero-order chi connectivity index (χ0) is 11.5. The minimum absolute atomic E-state index is 0.0614. The van der Waals surface area contributed by atoms with Crippen LogP contribution in [0.5, 0.6) is 0 Å². The highest BCUT2D eigenvalue weighted by molar-refractivity contribution is 6.06. The van der Waals surface area contributed by atoms with Crippen LogP contribution in [0.25, 0.3) is 10.9 Å². The summed E-state index contributed by atoms with van der Waals surface area (Å²) in [6.45, 7) is 1.70. The number of hydrogen-bond acceptors (Lipinski definition) is 2. The maximum Gasteiger partial charge on any atom is 0.253 e. The Bertz CT molecular complexity index is 504. The zero-order valence-corrected chi connectivity index (χ0v) is 9.03. The predicted octanol–water partition coefficient (Wildman–Crippen LogP) is 1.28. The molecular formula is C12H14N2O2. The molecule has 84 valence electrons. The normalized spacial score (nSPS) is 12.6. The molecule has 1 heterocycles. The summed E-state index contributed by atoms with van der Waals surface area (Å²) in [5.41, 5.74) is 1.54. The summed E-state index contributed by atoms with van der Waals surface area (Å²) in [6.07, 6.45) is 1.68. The number of aromatic amines is 1. The second-order valence-corrected chi connectivity index (χ2v) is 3.81. The van der Waals surface area contributed by atoms with E-state index < -0.39 is 0 Å². The molecule has 16 heavy (non-hydrogen) atoms. The molecule has 4 nitrogen and oxygen atoms in total. The van der Waals surface area contributed by atoms with E-state index in [1.165, 1.54) is 0 Å². The van der Waals surface area contributed by atoms with Crippen molar-refractivity contribution in [3.8, 4) is 0 Å². The van der Waals surface area contributed by atoms with Gasteiger partial charge in [-0.25, -0.2) is 0 Å². The highest BCUT2D eigenvalue weighted by Crippen LogP contribution is 2.17. The molecule has 4 heteroatoms. The van der Waals surface area contributed by atoms with Crippen molar-refractivity contribution in [2.24, 2.45) is 0 Å². The van der Waals surface area contributed by atoms with E-state index in [0.717, 1.165) is 10.9 Å². The van der Waals surface area contributed by atoms with Gasteiger partial charge in [0.25, 0.3) is 5.91 Å². The lowest BCUT2D eigenvalue weighted by Gasteiger charge is -2.09. The first-order valence-corrected chi connectivity index (χ1v) is 5.20. The Hall–Kier alpha value is -1.81. The maximum absolute atomic E-state index is 11.8. The van der Waals surface area contributed by atoms with Crippen LogP contribution < -0.4 is 5.32 Å². The average Bonchev–Trinajstić information content (AvgIpc) is 2.72. The first-order valence-electron chi connectivity index (χ1n) is 5.20. The Balaban J connectivity index is 2.30. The van der Waals surface area contributed by atoms with E-state index in [2.05, 4.69) is 10.3 Å². The van der Waals surface area contributed by atoms with Gasteiger partial charge in [-0.1, -0.05) is 18.2 Å². The Morgan fingerprint density at radius 1 is 1.50 bits per heavy atom. The number of carbonyl (C=O) groups is 1. The maximum atomic E-state index is 11.8. The SMILES string of the molecule is CC(CO)NC(=O)c1c[nH]c2ccccc12. The minimum atomic E-state index is -0.235. The third-order valence-corrected chi connectivity index (χ3v) is 2.49. The fourth-order valence-corrected chi connectivity index (χ4v) is 1.61. The number of rotatable bonds is 3. The Morgan fingerprint density at radius 3 is 3.00 bits per heavy atom. The molecule has 1 aromatic heterocycles. The lowest BCUT2D eigenvalue weighted by Crippen LogP contribution is -2.34. The van der Waals surface area contributed by atoms with Gasteiger partial charge in [0, 0.05) is 23.1 Å². The molecule has 0 radical (unpaired) electrons. The second kappa shape index (κ2) is 4.37. The first-order chi connectivity index (χ1) is 7.72. The minimum Gasteiger partial charge on any atom is -0.394 e. The standard InChI is InChI=1S/C12H14N2O2/c1-8(7-15)14-12(16)10-6-13-11-5-3-2-4-9(10)11/h2-6,8,13,15H,7H2,1H3,(H,14,16). The van der Waals surface area contributed by atoms with E-state index in [0.29, 0.717) is 5.56 Å². The van der Waals surface area contributed by atoms with Gasteiger partial charge >= 0.3 is 0 Å². The summed E-state index contributed by atoms with van der Waals surface area (Å²) in [7, 11) is 0. The van der Waals surface area contributed by atoms with Crippen LogP contribution in [-0.4, -0.2) is 28.6 Å². The Labute approximate surface area is 93.3 Å². The lowest BCUT2D eigenvalue weighted by atomic mass is 10.1. The summed E-state index contributed by atoms with van der Waals surface area (Å²) in [6, 6.07) is 7.38. The van der Waals surface area contributed by atoms with E-state index in [-0.39, 0.29) is 18.6 Å². The Morgan fingerprint density at radius 2 is 2.25 bits per heavy atom. The van der Waals surface area contributed by atoms with Crippen molar-refractivity contribution in [3.63, 3.8) is 0 Å². The van der Waals surface area contributed by atoms with Gasteiger partial charge in [0.05, 0.1) is 12.2 Å². The summed E-state index contributed by atoms with van der Waals surface area (Å²) < 4.78 is 0. The molecule has 0 spiro atoms. The smallest absolute Gasteiger partial charge is 0.253 e. The van der Waals surface area contributed by atoms with Crippen LogP contribution in [0.4, 0.5) is 0 Å². The van der Waals surface area contributed by atoms with Gasteiger partial charge in [-0.05, 0) is 13.0 Å². The molecular weight excluding hydrogens is 204 g/mol. The molecule has 0 fully saturated rings. The van der Waals surface area contributed by atoms with Crippen LogP contribution >= 0.6 is 0 Å². The van der Waals surface area contributed by atoms with Crippen molar-refractivity contribution in [2.45, 2.75) is 13.0 Å². The van der Waals surface area contributed by atoms with Crippen LogP contribution in [0.15, 0.2) is 30.5 Å². The first kappa shape index (κ1) is 10.7. The summed E-state index contributed by atoms with van der Waals surface area (Å²) >= 11 is 0. The lowest BCUT2D eigenvalue weighted by molar-refractivity contribution is 0.0924. The van der Waals surface area contributed by atoms with Crippen molar-refractivity contribution < 1.29 is 9.90 Å². The molecule has 0 aliphatic rings. The van der Waals surface area contributed by atoms with E-state index in [9.17, 15) is 4.79 Å². The molecule has 0 aliphatic heterocycles. The summed E-state index contributed by atoms with van der Waals surface area (Å²) in [5, 5.41) is 12.5. The molecule has 0 bridgehead atoms. The van der Waals surface area contributed by atoms with Crippen molar-refractivity contribution in [2.75, 3.05) is 6.61 Å². The number of H-pyrrole nitrogens is 1. The molecule has 0 saturated carbocycles. The number of aliphatic hydroxyl groups excluding tert-OH is 1. The van der Waals surface area contributed by atoms with Gasteiger partial charge in [-0.15, -0.1) is 0 Å². The van der Waals surface area contributed by atoms with Gasteiger partial charge in [-0.3, -0.25) is 4.79 Å². The number of nitrogens with one attached hydrogen (secondary N) is 2. The summed E-state index contributed by atoms with van der Waals surface area (Å²) in [4.78, 5) is 14.9. The van der Waals surface area contributed by atoms with Gasteiger partial charge in [-0.2, -0.15) is 0 Å². The van der Waals surface area contributed by atoms with E-state index in [1.807, 2.05) is 24.3 Å². The van der Waals surface area contributed by atoms with Gasteiger partial charge in [0.2, 0.25) is 0 Å². The third-order valence-electron chi connectivity index (χ3n) is 2.49. The molecule has 1 atom stereocenters. The van der Waals surface area contributed by atoms with Crippen LogP contribution in [0.2, 0.25) is 0 Å². The number of carbonyl (C=O) groups excluding carboxylic acids is 1. The highest BCUT2D eigenvalue weighted by Gasteiger charge is 2.13. The molecule has 2 aromatic rings. The molecule has 1 amide bonds. The monoisotopic (exact) mass is 218 g/mol. The largest absolute Gasteiger partial charge is 0.394 e. The average molecular weight is 218 g/mol. The molecule has 0 aliphatic carbocycles. The van der Waals surface area contributed by atoms with E-state index in [1.54, 1.807) is 13.1 Å². The molecule has 1 unspecified atom stereocenters. The predicted molar refractivity (Wildman–Crippen MR) is 62.3 cm³/mol. The van der Waals surface area contributed by atoms with Crippen LogP contribution in [0.1, 0.15) is 17.3 Å². The van der Waals surface area contributed by atoms with Crippen LogP contribution in [0, 0.1) is 0 Å². The Kier molecular flexibility index (Phi) is 2.92. The fraction of sp³-hybridized carbons (Fsp3) is 0.250. The van der Waals surface area contributed by atoms with Crippen LogP contribution in [0.3, 0.4) is 0 Å². The van der Waals surface area contributed by atoms with Crippen molar-refractivity contribution in [1.29, 1.82) is 0 Å². The van der Waals surface area contributed by atoms with Gasteiger partial charge in [0.1, 0.15) is 0 Å². The second-order valence-electron chi connectivity index (χ2n) is 3.81. The molecule has 0 saturated heterocycles. The van der Waals surface area contributed by atoms with E-state index in [4.69, 9.17) is 5.11 Å². The third kappa shape index (κ3) is 1.92. The number of amides is 1. The number of aliphatic hydroxyl groups is 1. The number of para-hydroxylation sites is 1.